The molecule has 58 heavy (non-hydrogen) atoms. The average Bonchev–Trinajstić information content (AvgIpc) is 3.83. The Morgan fingerprint density at radius 3 is 1.53 bits per heavy atom. The first kappa shape index (κ1) is 20.5. The van der Waals surface area contributed by atoms with Gasteiger partial charge in [0.25, 0.3) is 0 Å². The Bertz CT molecular complexity index is 4180. The van der Waals surface area contributed by atoms with Gasteiger partial charge in [0, 0.05) is 38.7 Å². The third-order valence-electron chi connectivity index (χ3n) is 10.2. The van der Waals surface area contributed by atoms with Crippen LogP contribution in [-0.2, 0) is 0 Å². The minimum Gasteiger partial charge on any atom is -0.455 e. The molecule has 0 unspecified atom stereocenters. The summed E-state index contributed by atoms with van der Waals surface area (Å²) in [5.41, 5.74) is -1.19. The largest absolute Gasteiger partial charge is 0.455 e. The second-order valence-electron chi connectivity index (χ2n) is 13.5. The summed E-state index contributed by atoms with van der Waals surface area (Å²) in [5.74, 6) is 0. The highest BCUT2D eigenvalue weighted by Crippen LogP contribution is 2.45. The number of furan rings is 1. The third kappa shape index (κ3) is 5.82. The van der Waals surface area contributed by atoms with Gasteiger partial charge in [-0.05, 0) is 85.8 Å². The van der Waals surface area contributed by atoms with Crippen LogP contribution in [0.2, 0.25) is 0 Å². The van der Waals surface area contributed by atoms with Crippen molar-refractivity contribution in [3.8, 4) is 44.5 Å². The number of para-hydroxylation sites is 2. The number of rotatable bonds is 7. The van der Waals surface area contributed by atoms with Gasteiger partial charge in [-0.2, -0.15) is 0 Å². The number of nitrogens with zero attached hydrogens (tertiary/aromatic N) is 1. The first-order chi connectivity index (χ1) is 35.9. The van der Waals surface area contributed by atoms with Crippen molar-refractivity contribution in [1.82, 2.24) is 0 Å². The number of benzene rings is 10. The van der Waals surface area contributed by atoms with E-state index in [4.69, 9.17) is 16.8 Å². The summed E-state index contributed by atoms with van der Waals surface area (Å²) < 4.78 is 162. The van der Waals surface area contributed by atoms with Gasteiger partial charge >= 0.3 is 0 Å². The molecule has 0 saturated carbocycles. The number of hydrogen-bond acceptors (Lipinski definition) is 2. The lowest BCUT2D eigenvalue weighted by molar-refractivity contribution is 0.674. The summed E-state index contributed by atoms with van der Waals surface area (Å²) in [6, 6.07) is 23.6. The monoisotopic (exact) mass is 756 g/mol. The normalized spacial score (nSPS) is 15.6. The van der Waals surface area contributed by atoms with Gasteiger partial charge in [-0.15, -0.1) is 0 Å². The molecule has 0 aliphatic rings. The fraction of sp³-hybridized carbons (Fsp3) is 0. The molecule has 1 heterocycles. The fourth-order valence-corrected chi connectivity index (χ4v) is 7.46. The predicted molar refractivity (Wildman–Crippen MR) is 245 cm³/mol. The Morgan fingerprint density at radius 1 is 0.328 bits per heavy atom. The van der Waals surface area contributed by atoms with Crippen molar-refractivity contribution in [2.24, 2.45) is 0 Å². The van der Waals surface area contributed by atoms with Gasteiger partial charge in [-0.3, -0.25) is 0 Å². The molecule has 0 amide bonds. The Kier molecular flexibility index (Phi) is 4.98. The molecular formula is C56H37NO. The Hall–Kier alpha value is -7.68. The quantitative estimate of drug-likeness (QED) is 0.161. The van der Waals surface area contributed by atoms with Crippen molar-refractivity contribution in [3.05, 3.63) is 224 Å². The van der Waals surface area contributed by atoms with E-state index in [-0.39, 0.29) is 11.3 Å². The van der Waals surface area contributed by atoms with Crippen molar-refractivity contribution in [1.29, 1.82) is 0 Å². The van der Waals surface area contributed by atoms with Crippen LogP contribution in [0.15, 0.2) is 228 Å². The minimum atomic E-state index is -0.885. The van der Waals surface area contributed by atoms with Crippen LogP contribution in [-0.4, -0.2) is 0 Å². The highest BCUT2D eigenvalue weighted by Gasteiger charge is 2.21. The molecule has 0 saturated heterocycles. The number of hydrogen-bond donors (Lipinski definition) is 0. The highest BCUT2D eigenvalue weighted by atomic mass is 16.3. The molecule has 0 aliphatic heterocycles. The summed E-state index contributed by atoms with van der Waals surface area (Å²) in [7, 11) is 0. The van der Waals surface area contributed by atoms with Gasteiger partial charge in [0.2, 0.25) is 0 Å². The summed E-state index contributed by atoms with van der Waals surface area (Å²) in [6.07, 6.45) is 0. The SMILES string of the molecule is [2H]c1c([2H])c([2H])c(-c2c([2H])c([2H])c(-c3c([2H])c([2H])c(N(c4ccccc4-c4cccc5c4oc4c6ccccc6ccc54)c4c([2H])c([2H])c(-c5cccc6ccccc56)c([2H])c4[2H])c([2H])c3[2H])c([2H])c2[2H])c([2H])c1[2H]. The summed E-state index contributed by atoms with van der Waals surface area (Å²) in [5, 5.41) is 4.80. The van der Waals surface area contributed by atoms with Crippen LogP contribution in [0.25, 0.3) is 88.0 Å². The lowest BCUT2D eigenvalue weighted by atomic mass is 9.97. The van der Waals surface area contributed by atoms with E-state index in [0.717, 1.165) is 31.8 Å². The Balaban J connectivity index is 1.20. The van der Waals surface area contributed by atoms with Gasteiger partial charge < -0.3 is 9.32 Å². The van der Waals surface area contributed by atoms with Crippen LogP contribution in [0.1, 0.15) is 23.3 Å². The lowest BCUT2D eigenvalue weighted by Gasteiger charge is -2.28. The molecule has 2 nitrogen and oxygen atoms in total. The first-order valence-electron chi connectivity index (χ1n) is 27.0. The summed E-state index contributed by atoms with van der Waals surface area (Å²) in [4.78, 5) is 1.15. The van der Waals surface area contributed by atoms with E-state index in [1.54, 1.807) is 48.5 Å². The van der Waals surface area contributed by atoms with Crippen LogP contribution in [0.5, 0.6) is 0 Å². The summed E-state index contributed by atoms with van der Waals surface area (Å²) >= 11 is 0. The highest BCUT2D eigenvalue weighted by molar-refractivity contribution is 6.17. The Labute approximate surface area is 361 Å². The van der Waals surface area contributed by atoms with Crippen LogP contribution in [0, 0.1) is 0 Å². The average molecular weight is 757 g/mol. The topological polar surface area (TPSA) is 16.4 Å². The molecular weight excluding hydrogens is 703 g/mol. The molecule has 0 aliphatic carbocycles. The third-order valence-corrected chi connectivity index (χ3v) is 10.2. The van der Waals surface area contributed by atoms with Crippen molar-refractivity contribution >= 4 is 60.5 Å². The number of anilines is 3. The maximum Gasteiger partial charge on any atom is 0.143 e. The van der Waals surface area contributed by atoms with Gasteiger partial charge in [-0.1, -0.05) is 188 Å². The zero-order valence-electron chi connectivity index (χ0n) is 47.4. The maximum atomic E-state index is 9.78. The Morgan fingerprint density at radius 2 is 0.810 bits per heavy atom. The molecule has 0 bridgehead atoms. The lowest BCUT2D eigenvalue weighted by Crippen LogP contribution is -2.11. The molecule has 0 fully saturated rings. The van der Waals surface area contributed by atoms with E-state index in [1.807, 2.05) is 72.8 Å². The molecule has 11 aromatic rings. The molecule has 1 aromatic heterocycles. The molecule has 0 spiro atoms. The van der Waals surface area contributed by atoms with Crippen LogP contribution >= 0.6 is 0 Å². The van der Waals surface area contributed by atoms with E-state index < -0.39 is 136 Å². The van der Waals surface area contributed by atoms with E-state index in [0.29, 0.717) is 33.2 Å². The molecule has 0 N–H and O–H groups in total. The molecule has 0 radical (unpaired) electrons. The second-order valence-corrected chi connectivity index (χ2v) is 13.5. The predicted octanol–water partition coefficient (Wildman–Crippen LogP) is 16.0. The van der Waals surface area contributed by atoms with E-state index in [1.165, 1.54) is 0 Å². The van der Waals surface area contributed by atoms with Crippen LogP contribution < -0.4 is 4.90 Å². The maximum absolute atomic E-state index is 9.78. The van der Waals surface area contributed by atoms with Gasteiger partial charge in [0.05, 0.1) is 29.0 Å². The first-order valence-corrected chi connectivity index (χ1v) is 18.5. The smallest absolute Gasteiger partial charge is 0.143 e. The van der Waals surface area contributed by atoms with Crippen LogP contribution in [0.4, 0.5) is 17.1 Å². The number of fused-ring (bicyclic) bond motifs is 6. The molecule has 272 valence electrons. The second kappa shape index (κ2) is 14.1. The zero-order chi connectivity index (χ0) is 53.2. The van der Waals surface area contributed by atoms with E-state index in [9.17, 15) is 11.0 Å². The standard InChI is InChI=1S/C56H37NO/c1-2-12-38(13-3-1)39-24-26-40(27-25-39)41-28-33-45(34-29-41)57(46-35-30-44(31-36-46)48-20-10-16-42-14-4-6-17-47(42)48)54-23-9-8-19-50(54)51-21-11-22-52-53-37-32-43-15-5-7-18-49(43)55(53)58-56(51)52/h1-37H/i1D,2D,3D,12D,13D,24D,25D,26D,27D,28D,29D,30D,31D,33D,34D,35D,36D. The molecule has 10 aromatic carbocycles. The zero-order valence-corrected chi connectivity index (χ0v) is 30.4. The van der Waals surface area contributed by atoms with Crippen molar-refractivity contribution in [3.63, 3.8) is 0 Å². The minimum absolute atomic E-state index is 0.0247. The van der Waals surface area contributed by atoms with Crippen LogP contribution in [0.3, 0.4) is 0 Å². The summed E-state index contributed by atoms with van der Waals surface area (Å²) in [6.45, 7) is 0. The van der Waals surface area contributed by atoms with Gasteiger partial charge in [-0.25, -0.2) is 0 Å². The molecule has 2 heteroatoms. The molecule has 11 rings (SSSR count). The van der Waals surface area contributed by atoms with Gasteiger partial charge in [0.15, 0.2) is 0 Å². The van der Waals surface area contributed by atoms with E-state index in [2.05, 4.69) is 0 Å². The fourth-order valence-electron chi connectivity index (χ4n) is 7.46. The van der Waals surface area contributed by atoms with E-state index >= 15 is 0 Å². The van der Waals surface area contributed by atoms with Crippen molar-refractivity contribution in [2.45, 2.75) is 0 Å². The van der Waals surface area contributed by atoms with Crippen molar-refractivity contribution in [2.75, 3.05) is 4.90 Å². The van der Waals surface area contributed by atoms with Crippen molar-refractivity contribution < 1.29 is 27.7 Å². The molecule has 0 atom stereocenters. The van der Waals surface area contributed by atoms with Gasteiger partial charge in [0.1, 0.15) is 11.2 Å².